The van der Waals surface area contributed by atoms with Crippen LogP contribution >= 0.6 is 0 Å². The van der Waals surface area contributed by atoms with Gasteiger partial charge in [-0.05, 0) is 0 Å². The SMILES string of the molecule is CC.[O-][n+]1ccncc1. The maximum Gasteiger partial charge on any atom is 0.198 e. The van der Waals surface area contributed by atoms with Crippen LogP contribution in [0.3, 0.4) is 0 Å². The number of hydrogen-bond acceptors (Lipinski definition) is 2. The molecule has 0 amide bonds. The van der Waals surface area contributed by atoms with Crippen molar-refractivity contribution in [3.8, 4) is 0 Å². The molecule has 0 aromatic carbocycles. The molecule has 0 saturated heterocycles. The van der Waals surface area contributed by atoms with E-state index in [0.29, 0.717) is 4.73 Å². The second-order valence-electron chi connectivity index (χ2n) is 1.11. The van der Waals surface area contributed by atoms with Crippen LogP contribution in [-0.2, 0) is 0 Å². The van der Waals surface area contributed by atoms with Crippen LogP contribution in [0.15, 0.2) is 24.8 Å². The molecule has 0 radical (unpaired) electrons. The largest absolute Gasteiger partial charge is 0.619 e. The second kappa shape index (κ2) is 5.03. The number of rotatable bonds is 0. The Kier molecular flexibility index (Phi) is 4.40. The standard InChI is InChI=1S/C4H4N2O.C2H6/c7-6-3-1-5-2-4-6;1-2/h1-4H;1-2H3. The summed E-state index contributed by atoms with van der Waals surface area (Å²) in [4.78, 5) is 3.62. The molecule has 9 heavy (non-hydrogen) atoms. The molecule has 0 N–H and O–H groups in total. The molecule has 1 heterocycles. The van der Waals surface area contributed by atoms with Gasteiger partial charge in [0.15, 0.2) is 12.4 Å². The van der Waals surface area contributed by atoms with Crippen LogP contribution in [0.1, 0.15) is 13.8 Å². The summed E-state index contributed by atoms with van der Waals surface area (Å²) in [5, 5.41) is 10.1. The molecule has 1 aromatic heterocycles. The molecule has 0 spiro atoms. The van der Waals surface area contributed by atoms with Crippen LogP contribution in [0.2, 0.25) is 0 Å². The lowest BCUT2D eigenvalue weighted by Gasteiger charge is -1.87. The Morgan fingerprint density at radius 3 is 1.89 bits per heavy atom. The first-order valence-corrected chi connectivity index (χ1v) is 2.88. The molecular formula is C6H10N2O. The van der Waals surface area contributed by atoms with Crippen LogP contribution < -0.4 is 4.73 Å². The molecule has 0 aliphatic heterocycles. The topological polar surface area (TPSA) is 39.8 Å². The Hall–Kier alpha value is -1.12. The fourth-order valence-electron chi connectivity index (χ4n) is 0.308. The molecule has 0 fully saturated rings. The van der Waals surface area contributed by atoms with E-state index in [1.54, 1.807) is 0 Å². The first-order chi connectivity index (χ1) is 4.39. The van der Waals surface area contributed by atoms with Gasteiger partial charge in [-0.15, -0.1) is 0 Å². The van der Waals surface area contributed by atoms with Gasteiger partial charge in [0.05, 0.1) is 12.4 Å². The lowest BCUT2D eigenvalue weighted by atomic mass is 10.8. The predicted octanol–water partition coefficient (Wildman–Crippen LogP) is 0.741. The van der Waals surface area contributed by atoms with Gasteiger partial charge in [0.1, 0.15) is 0 Å². The first kappa shape index (κ1) is 7.88. The fraction of sp³-hybridized carbons (Fsp3) is 0.333. The summed E-state index contributed by atoms with van der Waals surface area (Å²) in [6.07, 6.45) is 5.54. The monoisotopic (exact) mass is 126 g/mol. The first-order valence-electron chi connectivity index (χ1n) is 2.88. The van der Waals surface area contributed by atoms with E-state index in [0.717, 1.165) is 0 Å². The maximum absolute atomic E-state index is 10.1. The highest BCUT2D eigenvalue weighted by atomic mass is 16.5. The summed E-state index contributed by atoms with van der Waals surface area (Å²) in [5.74, 6) is 0. The highest BCUT2D eigenvalue weighted by Gasteiger charge is 1.76. The number of nitrogens with zero attached hydrogens (tertiary/aromatic N) is 2. The van der Waals surface area contributed by atoms with Crippen molar-refractivity contribution in [2.75, 3.05) is 0 Å². The van der Waals surface area contributed by atoms with Crippen molar-refractivity contribution >= 4 is 0 Å². The van der Waals surface area contributed by atoms with E-state index in [1.165, 1.54) is 24.8 Å². The zero-order chi connectivity index (χ0) is 7.11. The predicted molar refractivity (Wildman–Crippen MR) is 34.5 cm³/mol. The molecule has 0 saturated carbocycles. The summed E-state index contributed by atoms with van der Waals surface area (Å²) in [5.41, 5.74) is 0. The lowest BCUT2D eigenvalue weighted by Crippen LogP contribution is -2.23. The van der Waals surface area contributed by atoms with Crippen molar-refractivity contribution < 1.29 is 4.73 Å². The molecule has 3 nitrogen and oxygen atoms in total. The van der Waals surface area contributed by atoms with Crippen LogP contribution in [0.4, 0.5) is 0 Å². The van der Waals surface area contributed by atoms with Crippen molar-refractivity contribution in [1.82, 2.24) is 4.98 Å². The van der Waals surface area contributed by atoms with E-state index in [1.807, 2.05) is 13.8 Å². The van der Waals surface area contributed by atoms with Gasteiger partial charge < -0.3 is 5.21 Å². The van der Waals surface area contributed by atoms with Gasteiger partial charge >= 0.3 is 0 Å². The third-order valence-corrected chi connectivity index (χ3v) is 0.599. The van der Waals surface area contributed by atoms with Gasteiger partial charge in [0, 0.05) is 0 Å². The minimum Gasteiger partial charge on any atom is -0.619 e. The van der Waals surface area contributed by atoms with Crippen molar-refractivity contribution in [2.24, 2.45) is 0 Å². The number of aromatic nitrogens is 2. The average Bonchev–Trinajstić information content (AvgIpc) is 1.94. The van der Waals surface area contributed by atoms with Gasteiger partial charge in [-0.3, -0.25) is 4.98 Å². The van der Waals surface area contributed by atoms with Crippen molar-refractivity contribution in [2.45, 2.75) is 13.8 Å². The van der Waals surface area contributed by atoms with E-state index in [-0.39, 0.29) is 0 Å². The third-order valence-electron chi connectivity index (χ3n) is 0.599. The molecule has 0 aliphatic carbocycles. The molecule has 0 atom stereocenters. The highest BCUT2D eigenvalue weighted by molar-refractivity contribution is 4.63. The minimum absolute atomic E-state index is 0.688. The van der Waals surface area contributed by atoms with Gasteiger partial charge in [-0.25, -0.2) is 0 Å². The quantitative estimate of drug-likeness (QED) is 0.380. The Morgan fingerprint density at radius 2 is 1.67 bits per heavy atom. The molecule has 1 rings (SSSR count). The molecule has 0 bridgehead atoms. The van der Waals surface area contributed by atoms with E-state index < -0.39 is 0 Å². The van der Waals surface area contributed by atoms with Crippen molar-refractivity contribution in [3.05, 3.63) is 30.0 Å². The average molecular weight is 126 g/mol. The Bertz CT molecular complexity index is 141. The molecule has 0 unspecified atom stereocenters. The number of hydrogen-bond donors (Lipinski definition) is 0. The Morgan fingerprint density at radius 1 is 1.22 bits per heavy atom. The zero-order valence-electron chi connectivity index (χ0n) is 5.61. The van der Waals surface area contributed by atoms with Gasteiger partial charge in [0.25, 0.3) is 0 Å². The zero-order valence-corrected chi connectivity index (χ0v) is 5.61. The summed E-state index contributed by atoms with van der Waals surface area (Å²) in [6.45, 7) is 4.00. The van der Waals surface area contributed by atoms with Gasteiger partial charge in [-0.2, -0.15) is 4.73 Å². The normalized spacial score (nSPS) is 7.33. The van der Waals surface area contributed by atoms with Gasteiger partial charge in [0.2, 0.25) is 0 Å². The summed E-state index contributed by atoms with van der Waals surface area (Å²) in [7, 11) is 0. The summed E-state index contributed by atoms with van der Waals surface area (Å²) < 4.78 is 0.688. The molecule has 0 aliphatic rings. The lowest BCUT2D eigenvalue weighted by molar-refractivity contribution is -0.606. The molecular weight excluding hydrogens is 116 g/mol. The van der Waals surface area contributed by atoms with E-state index >= 15 is 0 Å². The van der Waals surface area contributed by atoms with E-state index in [9.17, 15) is 5.21 Å². The van der Waals surface area contributed by atoms with E-state index in [2.05, 4.69) is 4.98 Å². The third kappa shape index (κ3) is 3.46. The second-order valence-corrected chi connectivity index (χ2v) is 1.11. The van der Waals surface area contributed by atoms with Crippen LogP contribution in [-0.4, -0.2) is 4.98 Å². The minimum atomic E-state index is 0.688. The van der Waals surface area contributed by atoms with Crippen LogP contribution in [0.5, 0.6) is 0 Å². The highest BCUT2D eigenvalue weighted by Crippen LogP contribution is 1.63. The fourth-order valence-corrected chi connectivity index (χ4v) is 0.308. The van der Waals surface area contributed by atoms with E-state index in [4.69, 9.17) is 0 Å². The Balaban J connectivity index is 0.000000291. The van der Waals surface area contributed by atoms with Crippen molar-refractivity contribution in [3.63, 3.8) is 0 Å². The molecule has 50 valence electrons. The van der Waals surface area contributed by atoms with Crippen LogP contribution in [0, 0.1) is 5.21 Å². The van der Waals surface area contributed by atoms with Gasteiger partial charge in [-0.1, -0.05) is 13.8 Å². The van der Waals surface area contributed by atoms with Crippen LogP contribution in [0.25, 0.3) is 0 Å². The summed E-state index contributed by atoms with van der Waals surface area (Å²) >= 11 is 0. The smallest absolute Gasteiger partial charge is 0.198 e. The summed E-state index contributed by atoms with van der Waals surface area (Å²) in [6, 6.07) is 0. The van der Waals surface area contributed by atoms with Crippen molar-refractivity contribution in [1.29, 1.82) is 0 Å². The molecule has 1 aromatic rings. The molecule has 3 heteroatoms. The maximum atomic E-state index is 10.1. The Labute approximate surface area is 54.6 Å².